The number of hydrogen-bond acceptors (Lipinski definition) is 4. The van der Waals surface area contributed by atoms with Crippen molar-refractivity contribution in [2.24, 2.45) is 5.41 Å². The first-order valence-corrected chi connectivity index (χ1v) is 7.04. The van der Waals surface area contributed by atoms with Crippen LogP contribution in [0.25, 0.3) is 0 Å². The predicted molar refractivity (Wildman–Crippen MR) is 73.0 cm³/mol. The van der Waals surface area contributed by atoms with Gasteiger partial charge in [-0.3, -0.25) is 9.78 Å². The molecule has 1 aromatic rings. The summed E-state index contributed by atoms with van der Waals surface area (Å²) in [5, 5.41) is 14.5. The van der Waals surface area contributed by atoms with Gasteiger partial charge in [0.15, 0.2) is 0 Å². The number of carboxylic acids is 1. The van der Waals surface area contributed by atoms with E-state index in [1.807, 2.05) is 13.8 Å². The molecule has 106 valence electrons. The zero-order chi connectivity index (χ0) is 14.3. The molecule has 3 N–H and O–H groups in total. The number of carbonyl (C=O) groups excluding carboxylic acids is 1. The van der Waals surface area contributed by atoms with Crippen molar-refractivity contribution in [1.29, 1.82) is 0 Å². The van der Waals surface area contributed by atoms with E-state index in [-0.39, 0.29) is 12.6 Å². The lowest BCUT2D eigenvalue weighted by Crippen LogP contribution is -2.45. The molecule has 0 spiro atoms. The summed E-state index contributed by atoms with van der Waals surface area (Å²) in [5.41, 5.74) is 0.806. The van der Waals surface area contributed by atoms with Crippen molar-refractivity contribution in [2.45, 2.75) is 33.2 Å². The molecule has 0 atom stereocenters. The third-order valence-electron chi connectivity index (χ3n) is 3.30. The Balaban J connectivity index is 2.42. The third kappa shape index (κ3) is 4.20. The topological polar surface area (TPSA) is 91.3 Å². The lowest BCUT2D eigenvalue weighted by molar-refractivity contribution is -0.149. The molecular formula is C12H19N3O3S. The second kappa shape index (κ2) is 7.08. The second-order valence-corrected chi connectivity index (χ2v) is 5.27. The number of hydrogen-bond donors (Lipinski definition) is 3. The normalized spacial score (nSPS) is 11.1. The van der Waals surface area contributed by atoms with Gasteiger partial charge in [0.2, 0.25) is 0 Å². The summed E-state index contributed by atoms with van der Waals surface area (Å²) in [6.45, 7) is 4.15. The average molecular weight is 285 g/mol. The first-order valence-electron chi connectivity index (χ1n) is 6.16. The summed E-state index contributed by atoms with van der Waals surface area (Å²) >= 11 is 1.45. The van der Waals surface area contributed by atoms with E-state index in [1.54, 1.807) is 11.7 Å². The van der Waals surface area contributed by atoms with Crippen LogP contribution in [0.2, 0.25) is 0 Å². The summed E-state index contributed by atoms with van der Waals surface area (Å²) < 4.78 is 0. The highest BCUT2D eigenvalue weighted by Crippen LogP contribution is 2.25. The summed E-state index contributed by atoms with van der Waals surface area (Å²) in [4.78, 5) is 27.7. The molecule has 0 saturated carbocycles. The third-order valence-corrected chi connectivity index (χ3v) is 4.08. The summed E-state index contributed by atoms with van der Waals surface area (Å²) in [5.74, 6) is -0.875. The molecule has 6 nitrogen and oxygen atoms in total. The lowest BCUT2D eigenvalue weighted by atomic mass is 9.82. The van der Waals surface area contributed by atoms with Crippen LogP contribution in [0.5, 0.6) is 0 Å². The van der Waals surface area contributed by atoms with Crippen LogP contribution in [0.3, 0.4) is 0 Å². The number of aliphatic carboxylic acids is 1. The maximum atomic E-state index is 11.6. The van der Waals surface area contributed by atoms with Crippen LogP contribution >= 0.6 is 11.3 Å². The molecule has 19 heavy (non-hydrogen) atoms. The molecule has 7 heteroatoms. The Morgan fingerprint density at radius 3 is 2.53 bits per heavy atom. The van der Waals surface area contributed by atoms with Gasteiger partial charge >= 0.3 is 12.0 Å². The van der Waals surface area contributed by atoms with Crippen molar-refractivity contribution < 1.29 is 14.7 Å². The van der Waals surface area contributed by atoms with Gasteiger partial charge in [-0.15, -0.1) is 11.3 Å². The minimum absolute atomic E-state index is 0.129. The number of carboxylic acid groups (broad SMARTS) is 1. The summed E-state index contributed by atoms with van der Waals surface area (Å²) in [6, 6.07) is -0.360. The van der Waals surface area contributed by atoms with Crippen molar-refractivity contribution in [3.8, 4) is 0 Å². The van der Waals surface area contributed by atoms with Crippen LogP contribution in [0.15, 0.2) is 11.7 Å². The molecule has 0 aromatic carbocycles. The van der Waals surface area contributed by atoms with E-state index in [9.17, 15) is 14.7 Å². The zero-order valence-corrected chi connectivity index (χ0v) is 11.9. The Bertz CT molecular complexity index is 416. The highest BCUT2D eigenvalue weighted by molar-refractivity contribution is 7.09. The molecule has 0 bridgehead atoms. The molecule has 0 aliphatic carbocycles. The van der Waals surface area contributed by atoms with Gasteiger partial charge in [0.1, 0.15) is 0 Å². The molecule has 1 heterocycles. The van der Waals surface area contributed by atoms with Gasteiger partial charge in [0.25, 0.3) is 0 Å². The van der Waals surface area contributed by atoms with Crippen molar-refractivity contribution in [3.05, 3.63) is 16.6 Å². The van der Waals surface area contributed by atoms with Gasteiger partial charge in [-0.2, -0.15) is 0 Å². The lowest BCUT2D eigenvalue weighted by Gasteiger charge is -2.26. The number of amides is 2. The van der Waals surface area contributed by atoms with Crippen molar-refractivity contribution in [3.63, 3.8) is 0 Å². The Labute approximate surface area is 116 Å². The number of rotatable bonds is 7. The first kappa shape index (κ1) is 15.4. The fraction of sp³-hybridized carbons (Fsp3) is 0.583. The Hall–Kier alpha value is -1.63. The van der Waals surface area contributed by atoms with Crippen LogP contribution in [0, 0.1) is 5.41 Å². The minimum Gasteiger partial charge on any atom is -0.481 e. The molecule has 0 unspecified atom stereocenters. The van der Waals surface area contributed by atoms with Crippen LogP contribution in [-0.2, 0) is 11.3 Å². The van der Waals surface area contributed by atoms with E-state index in [0.29, 0.717) is 19.4 Å². The minimum atomic E-state index is -0.887. The van der Waals surface area contributed by atoms with E-state index in [1.165, 1.54) is 11.3 Å². The zero-order valence-electron chi connectivity index (χ0n) is 11.1. The predicted octanol–water partition coefficient (Wildman–Crippen LogP) is 1.83. The quantitative estimate of drug-likeness (QED) is 0.712. The van der Waals surface area contributed by atoms with E-state index < -0.39 is 11.4 Å². The molecule has 0 saturated heterocycles. The maximum Gasteiger partial charge on any atom is 0.315 e. The number of urea groups is 1. The Morgan fingerprint density at radius 2 is 2.05 bits per heavy atom. The summed E-state index contributed by atoms with van der Waals surface area (Å²) in [6.07, 6.45) is 2.65. The van der Waals surface area contributed by atoms with E-state index in [0.717, 1.165) is 4.88 Å². The fourth-order valence-electron chi connectivity index (χ4n) is 1.69. The van der Waals surface area contributed by atoms with Crippen molar-refractivity contribution >= 4 is 23.3 Å². The molecular weight excluding hydrogens is 266 g/mol. The standard InChI is InChI=1S/C12H19N3O3S/c1-3-12(4-2,10(16)17)7-15-11(18)14-6-9-5-13-8-19-9/h5,8H,3-4,6-7H2,1-2H3,(H,16,17)(H2,14,15,18). The molecule has 0 radical (unpaired) electrons. The Kier molecular flexibility index (Phi) is 5.75. The SMILES string of the molecule is CCC(CC)(CNC(=O)NCc1cncs1)C(=O)O. The van der Waals surface area contributed by atoms with Gasteiger partial charge in [-0.25, -0.2) is 4.79 Å². The fourth-order valence-corrected chi connectivity index (χ4v) is 2.22. The molecule has 0 fully saturated rings. The maximum absolute atomic E-state index is 11.6. The van der Waals surface area contributed by atoms with Crippen LogP contribution in [-0.4, -0.2) is 28.6 Å². The van der Waals surface area contributed by atoms with Gasteiger partial charge in [0, 0.05) is 17.6 Å². The number of carbonyl (C=O) groups is 2. The highest BCUT2D eigenvalue weighted by Gasteiger charge is 2.35. The molecule has 1 aromatic heterocycles. The van der Waals surface area contributed by atoms with Crippen LogP contribution < -0.4 is 10.6 Å². The van der Waals surface area contributed by atoms with Gasteiger partial charge in [-0.05, 0) is 12.8 Å². The average Bonchev–Trinajstić information content (AvgIpc) is 2.91. The highest BCUT2D eigenvalue weighted by atomic mass is 32.1. The van der Waals surface area contributed by atoms with Gasteiger partial charge < -0.3 is 15.7 Å². The largest absolute Gasteiger partial charge is 0.481 e. The summed E-state index contributed by atoms with van der Waals surface area (Å²) in [7, 11) is 0. The number of thiazole rings is 1. The molecule has 0 aliphatic rings. The first-order chi connectivity index (χ1) is 9.04. The molecule has 0 aliphatic heterocycles. The van der Waals surface area contributed by atoms with Crippen molar-refractivity contribution in [1.82, 2.24) is 15.6 Å². The number of aromatic nitrogens is 1. The van der Waals surface area contributed by atoms with E-state index >= 15 is 0 Å². The van der Waals surface area contributed by atoms with Crippen LogP contribution in [0.4, 0.5) is 4.79 Å². The van der Waals surface area contributed by atoms with Crippen molar-refractivity contribution in [2.75, 3.05) is 6.54 Å². The second-order valence-electron chi connectivity index (χ2n) is 4.30. The smallest absolute Gasteiger partial charge is 0.315 e. The molecule has 1 rings (SSSR count). The van der Waals surface area contributed by atoms with E-state index in [2.05, 4.69) is 15.6 Å². The monoisotopic (exact) mass is 285 g/mol. The van der Waals surface area contributed by atoms with Gasteiger partial charge in [0.05, 0.1) is 17.5 Å². The van der Waals surface area contributed by atoms with E-state index in [4.69, 9.17) is 0 Å². The van der Waals surface area contributed by atoms with Gasteiger partial charge in [-0.1, -0.05) is 13.8 Å². The number of nitrogens with one attached hydrogen (secondary N) is 2. The van der Waals surface area contributed by atoms with Crippen LogP contribution in [0.1, 0.15) is 31.6 Å². The number of nitrogens with zero attached hydrogens (tertiary/aromatic N) is 1. The molecule has 2 amide bonds. The Morgan fingerprint density at radius 1 is 1.37 bits per heavy atom.